The standard InChI is InChI=1S/C25H34N2O3/c1-7-22(25(29)26-8-2)27(15-21-11-9-17(3)10-12-21)24(28)16-30-23-14-18(4)13-19(5)20(23)6/h9-14,22H,7-8,15-16H2,1-6H3,(H,26,29). The predicted molar refractivity (Wildman–Crippen MR) is 121 cm³/mol. The van der Waals surface area contributed by atoms with Gasteiger partial charge in [0.2, 0.25) is 5.91 Å². The number of carbonyl (C=O) groups is 2. The minimum atomic E-state index is -0.539. The van der Waals surface area contributed by atoms with Crippen molar-refractivity contribution in [3.8, 4) is 5.75 Å². The topological polar surface area (TPSA) is 58.6 Å². The lowest BCUT2D eigenvalue weighted by molar-refractivity contribution is -0.142. The van der Waals surface area contributed by atoms with E-state index in [1.54, 1.807) is 4.90 Å². The summed E-state index contributed by atoms with van der Waals surface area (Å²) in [5, 5.41) is 2.85. The molecule has 0 bridgehead atoms. The number of amides is 2. The Morgan fingerprint density at radius 2 is 1.67 bits per heavy atom. The van der Waals surface area contributed by atoms with Gasteiger partial charge in [-0.1, -0.05) is 42.8 Å². The lowest BCUT2D eigenvalue weighted by atomic mass is 10.1. The van der Waals surface area contributed by atoms with Gasteiger partial charge in [-0.2, -0.15) is 0 Å². The Hall–Kier alpha value is -2.82. The smallest absolute Gasteiger partial charge is 0.261 e. The Morgan fingerprint density at radius 3 is 2.27 bits per heavy atom. The molecule has 0 saturated carbocycles. The molecule has 1 unspecified atom stereocenters. The van der Waals surface area contributed by atoms with Gasteiger partial charge in [0.05, 0.1) is 0 Å². The van der Waals surface area contributed by atoms with Gasteiger partial charge < -0.3 is 15.0 Å². The van der Waals surface area contributed by atoms with Gasteiger partial charge in [0.25, 0.3) is 5.91 Å². The lowest BCUT2D eigenvalue weighted by Crippen LogP contribution is -2.50. The van der Waals surface area contributed by atoms with Crippen LogP contribution in [-0.4, -0.2) is 35.9 Å². The molecular formula is C25H34N2O3. The largest absolute Gasteiger partial charge is 0.483 e. The van der Waals surface area contributed by atoms with E-state index < -0.39 is 6.04 Å². The fourth-order valence-corrected chi connectivity index (χ4v) is 3.47. The van der Waals surface area contributed by atoms with Crippen LogP contribution < -0.4 is 10.1 Å². The SMILES string of the molecule is CCNC(=O)C(CC)N(Cc1ccc(C)cc1)C(=O)COc1cc(C)cc(C)c1C. The molecule has 2 aromatic rings. The number of aryl methyl sites for hydroxylation is 3. The minimum Gasteiger partial charge on any atom is -0.483 e. The molecule has 2 rings (SSSR count). The van der Waals surface area contributed by atoms with Crippen molar-refractivity contribution in [2.45, 2.75) is 60.5 Å². The zero-order valence-electron chi connectivity index (χ0n) is 19.0. The fraction of sp³-hybridized carbons (Fsp3) is 0.440. The van der Waals surface area contributed by atoms with Crippen LogP contribution in [0.5, 0.6) is 5.75 Å². The van der Waals surface area contributed by atoms with Gasteiger partial charge in [0, 0.05) is 13.1 Å². The third-order valence-electron chi connectivity index (χ3n) is 5.33. The van der Waals surface area contributed by atoms with Crippen LogP contribution in [0.25, 0.3) is 0 Å². The normalized spacial score (nSPS) is 11.7. The van der Waals surface area contributed by atoms with Crippen LogP contribution in [0.2, 0.25) is 0 Å². The van der Waals surface area contributed by atoms with Crippen molar-refractivity contribution >= 4 is 11.8 Å². The highest BCUT2D eigenvalue weighted by atomic mass is 16.5. The zero-order valence-corrected chi connectivity index (χ0v) is 19.0. The highest BCUT2D eigenvalue weighted by Crippen LogP contribution is 2.23. The number of likely N-dealkylation sites (N-methyl/N-ethyl adjacent to an activating group) is 1. The van der Waals surface area contributed by atoms with E-state index in [-0.39, 0.29) is 18.4 Å². The third-order valence-corrected chi connectivity index (χ3v) is 5.33. The molecule has 0 aliphatic heterocycles. The van der Waals surface area contributed by atoms with E-state index in [0.29, 0.717) is 25.3 Å². The first-order chi connectivity index (χ1) is 14.3. The van der Waals surface area contributed by atoms with Gasteiger partial charge in [0.1, 0.15) is 11.8 Å². The van der Waals surface area contributed by atoms with Crippen LogP contribution in [-0.2, 0) is 16.1 Å². The van der Waals surface area contributed by atoms with Crippen molar-refractivity contribution in [2.24, 2.45) is 0 Å². The second-order valence-electron chi connectivity index (χ2n) is 7.82. The van der Waals surface area contributed by atoms with Gasteiger partial charge in [-0.3, -0.25) is 9.59 Å². The van der Waals surface area contributed by atoms with Gasteiger partial charge in [-0.15, -0.1) is 0 Å². The van der Waals surface area contributed by atoms with E-state index in [4.69, 9.17) is 4.74 Å². The Kier molecular flexibility index (Phi) is 8.46. The van der Waals surface area contributed by atoms with Gasteiger partial charge >= 0.3 is 0 Å². The number of hydrogen-bond donors (Lipinski definition) is 1. The summed E-state index contributed by atoms with van der Waals surface area (Å²) in [7, 11) is 0. The summed E-state index contributed by atoms with van der Waals surface area (Å²) in [6.45, 7) is 12.6. The zero-order chi connectivity index (χ0) is 22.3. The maximum atomic E-state index is 13.2. The van der Waals surface area contributed by atoms with Crippen molar-refractivity contribution in [3.05, 3.63) is 64.2 Å². The van der Waals surface area contributed by atoms with Crippen molar-refractivity contribution in [1.29, 1.82) is 0 Å². The summed E-state index contributed by atoms with van der Waals surface area (Å²) < 4.78 is 5.91. The van der Waals surface area contributed by atoms with Crippen LogP contribution >= 0.6 is 0 Å². The van der Waals surface area contributed by atoms with Crippen LogP contribution in [0.1, 0.15) is 48.1 Å². The van der Waals surface area contributed by atoms with Crippen molar-refractivity contribution in [2.75, 3.05) is 13.2 Å². The summed E-state index contributed by atoms with van der Waals surface area (Å²) in [6, 6.07) is 11.5. The molecule has 0 aromatic heterocycles. The van der Waals surface area contributed by atoms with E-state index in [1.165, 1.54) is 0 Å². The van der Waals surface area contributed by atoms with E-state index in [9.17, 15) is 9.59 Å². The molecule has 162 valence electrons. The molecule has 1 N–H and O–H groups in total. The first kappa shape index (κ1) is 23.5. The Morgan fingerprint density at radius 1 is 1.00 bits per heavy atom. The number of carbonyl (C=O) groups excluding carboxylic acids is 2. The molecular weight excluding hydrogens is 376 g/mol. The van der Waals surface area contributed by atoms with Crippen LogP contribution in [0, 0.1) is 27.7 Å². The highest BCUT2D eigenvalue weighted by Gasteiger charge is 2.28. The van der Waals surface area contributed by atoms with E-state index in [0.717, 1.165) is 27.8 Å². The first-order valence-electron chi connectivity index (χ1n) is 10.6. The molecule has 2 aromatic carbocycles. The molecule has 0 fully saturated rings. The second kappa shape index (κ2) is 10.8. The van der Waals surface area contributed by atoms with E-state index >= 15 is 0 Å². The van der Waals surface area contributed by atoms with E-state index in [1.807, 2.05) is 71.9 Å². The Balaban J connectivity index is 2.24. The molecule has 1 atom stereocenters. The van der Waals surface area contributed by atoms with E-state index in [2.05, 4.69) is 11.4 Å². The molecule has 2 amide bonds. The van der Waals surface area contributed by atoms with Crippen LogP contribution in [0.15, 0.2) is 36.4 Å². The Labute approximate surface area is 180 Å². The maximum absolute atomic E-state index is 13.2. The van der Waals surface area contributed by atoms with Crippen molar-refractivity contribution in [1.82, 2.24) is 10.2 Å². The summed E-state index contributed by atoms with van der Waals surface area (Å²) in [5.41, 5.74) is 5.38. The summed E-state index contributed by atoms with van der Waals surface area (Å²) in [6.07, 6.45) is 0.534. The maximum Gasteiger partial charge on any atom is 0.261 e. The molecule has 0 aliphatic carbocycles. The number of nitrogens with one attached hydrogen (secondary N) is 1. The van der Waals surface area contributed by atoms with Crippen LogP contribution in [0.4, 0.5) is 0 Å². The lowest BCUT2D eigenvalue weighted by Gasteiger charge is -2.30. The summed E-state index contributed by atoms with van der Waals surface area (Å²) in [5.74, 6) is 0.373. The first-order valence-corrected chi connectivity index (χ1v) is 10.6. The quantitative estimate of drug-likeness (QED) is 0.673. The molecule has 0 heterocycles. The predicted octanol–water partition coefficient (Wildman–Crippen LogP) is 4.24. The third kappa shape index (κ3) is 6.09. The molecule has 5 heteroatoms. The summed E-state index contributed by atoms with van der Waals surface area (Å²) >= 11 is 0. The second-order valence-corrected chi connectivity index (χ2v) is 7.82. The van der Waals surface area contributed by atoms with Gasteiger partial charge in [-0.25, -0.2) is 0 Å². The molecule has 0 aliphatic rings. The van der Waals surface area contributed by atoms with Gasteiger partial charge in [-0.05, 0) is 69.4 Å². The molecule has 30 heavy (non-hydrogen) atoms. The number of benzene rings is 2. The molecule has 0 radical (unpaired) electrons. The molecule has 0 saturated heterocycles. The van der Waals surface area contributed by atoms with Crippen molar-refractivity contribution < 1.29 is 14.3 Å². The number of nitrogens with zero attached hydrogens (tertiary/aromatic N) is 1. The molecule has 5 nitrogen and oxygen atoms in total. The fourth-order valence-electron chi connectivity index (χ4n) is 3.47. The number of hydrogen-bond acceptors (Lipinski definition) is 3. The van der Waals surface area contributed by atoms with Crippen molar-refractivity contribution in [3.63, 3.8) is 0 Å². The Bertz CT molecular complexity index is 875. The molecule has 0 spiro atoms. The van der Waals surface area contributed by atoms with Gasteiger partial charge in [0.15, 0.2) is 6.61 Å². The monoisotopic (exact) mass is 410 g/mol. The summed E-state index contributed by atoms with van der Waals surface area (Å²) in [4.78, 5) is 27.5. The van der Waals surface area contributed by atoms with Crippen LogP contribution in [0.3, 0.4) is 0 Å². The number of ether oxygens (including phenoxy) is 1. The minimum absolute atomic E-state index is 0.106. The average molecular weight is 411 g/mol. The average Bonchev–Trinajstić information content (AvgIpc) is 2.70. The highest BCUT2D eigenvalue weighted by molar-refractivity contribution is 5.88. The number of rotatable bonds is 9.